The van der Waals surface area contributed by atoms with Crippen LogP contribution in [-0.2, 0) is 12.8 Å². The molecule has 0 unspecified atom stereocenters. The minimum absolute atomic E-state index is 0.00468. The van der Waals surface area contributed by atoms with E-state index in [1.54, 1.807) is 12.1 Å². The fourth-order valence-electron chi connectivity index (χ4n) is 7.18. The molecule has 194 valence electrons. The lowest BCUT2D eigenvalue weighted by Gasteiger charge is -2.29. The van der Waals surface area contributed by atoms with Gasteiger partial charge in [-0.2, -0.15) is 0 Å². The van der Waals surface area contributed by atoms with Crippen LogP contribution in [-0.4, -0.2) is 0 Å². The normalized spacial score (nSPS) is 25.5. The van der Waals surface area contributed by atoms with Crippen LogP contribution in [0.15, 0.2) is 24.8 Å². The summed E-state index contributed by atoms with van der Waals surface area (Å²) < 4.78 is 61.1. The summed E-state index contributed by atoms with van der Waals surface area (Å²) in [6.07, 6.45) is 14.2. The van der Waals surface area contributed by atoms with Crippen molar-refractivity contribution >= 4 is 0 Å². The van der Waals surface area contributed by atoms with Crippen molar-refractivity contribution in [3.05, 3.63) is 70.3 Å². The summed E-state index contributed by atoms with van der Waals surface area (Å²) in [5.74, 6) is -2.07. The van der Waals surface area contributed by atoms with Gasteiger partial charge in [-0.3, -0.25) is 0 Å². The Morgan fingerprint density at radius 1 is 0.750 bits per heavy atom. The molecule has 5 rings (SSSR count). The van der Waals surface area contributed by atoms with Gasteiger partial charge in [-0.15, -0.1) is 6.58 Å². The van der Waals surface area contributed by atoms with E-state index in [1.165, 1.54) is 6.42 Å². The topological polar surface area (TPSA) is 0 Å². The monoisotopic (exact) mass is 498 g/mol. The number of rotatable bonds is 7. The van der Waals surface area contributed by atoms with Crippen LogP contribution in [0.25, 0.3) is 11.1 Å². The number of hydrogen-bond acceptors (Lipinski definition) is 0. The highest BCUT2D eigenvalue weighted by atomic mass is 19.2. The van der Waals surface area contributed by atoms with Gasteiger partial charge in [0.1, 0.15) is 0 Å². The standard InChI is InChI=1S/C32H38F4/c1-3-5-20-10-13-22(14-11-20)26-18-25-17-24-16-23(15-12-21-8-6-19(4-2)7-9-21)29(33)31(35)27(24)28(25)32(36)30(26)34/h4,16,18-22H,2-3,5-15,17H2,1H3. The third-order valence-electron chi connectivity index (χ3n) is 9.34. The summed E-state index contributed by atoms with van der Waals surface area (Å²) in [4.78, 5) is 0. The molecular formula is C32H38F4. The summed E-state index contributed by atoms with van der Waals surface area (Å²) in [6, 6.07) is 3.45. The lowest BCUT2D eigenvalue weighted by atomic mass is 9.76. The molecule has 0 bridgehead atoms. The van der Waals surface area contributed by atoms with Crippen LogP contribution in [0, 0.1) is 41.0 Å². The van der Waals surface area contributed by atoms with Gasteiger partial charge in [0.2, 0.25) is 0 Å². The fraction of sp³-hybridized carbons (Fsp3) is 0.562. The Hall–Kier alpha value is -2.10. The van der Waals surface area contributed by atoms with Crippen molar-refractivity contribution in [2.24, 2.45) is 17.8 Å². The van der Waals surface area contributed by atoms with Gasteiger partial charge >= 0.3 is 0 Å². The van der Waals surface area contributed by atoms with E-state index in [0.29, 0.717) is 52.8 Å². The summed E-state index contributed by atoms with van der Waals surface area (Å²) in [5.41, 5.74) is 1.80. The van der Waals surface area contributed by atoms with Crippen molar-refractivity contribution in [3.63, 3.8) is 0 Å². The molecule has 0 atom stereocenters. The number of fused-ring (bicyclic) bond motifs is 3. The second kappa shape index (κ2) is 10.7. The van der Waals surface area contributed by atoms with Crippen LogP contribution < -0.4 is 0 Å². The molecule has 2 fully saturated rings. The van der Waals surface area contributed by atoms with Crippen LogP contribution in [0.2, 0.25) is 0 Å². The molecule has 0 amide bonds. The largest absolute Gasteiger partial charge is 0.203 e. The second-order valence-electron chi connectivity index (χ2n) is 11.6. The van der Waals surface area contributed by atoms with Crippen molar-refractivity contribution in [3.8, 4) is 11.1 Å². The van der Waals surface area contributed by atoms with Crippen molar-refractivity contribution in [1.29, 1.82) is 0 Å². The third-order valence-corrected chi connectivity index (χ3v) is 9.34. The van der Waals surface area contributed by atoms with Gasteiger partial charge in [-0.1, -0.05) is 38.0 Å². The Labute approximate surface area is 213 Å². The molecule has 0 radical (unpaired) electrons. The smallest absolute Gasteiger partial charge is 0.167 e. The first-order chi connectivity index (χ1) is 17.4. The molecule has 3 aliphatic rings. The zero-order valence-corrected chi connectivity index (χ0v) is 21.5. The van der Waals surface area contributed by atoms with Gasteiger partial charge in [-0.25, -0.2) is 17.6 Å². The lowest BCUT2D eigenvalue weighted by Crippen LogP contribution is -2.15. The van der Waals surface area contributed by atoms with Crippen LogP contribution in [0.3, 0.4) is 0 Å². The molecule has 0 nitrogen and oxygen atoms in total. The maximum Gasteiger partial charge on any atom is 0.167 e. The summed E-state index contributed by atoms with van der Waals surface area (Å²) in [5, 5.41) is 0. The number of halogens is 4. The summed E-state index contributed by atoms with van der Waals surface area (Å²) in [7, 11) is 0. The van der Waals surface area contributed by atoms with E-state index in [2.05, 4.69) is 13.5 Å². The molecule has 0 aromatic heterocycles. The van der Waals surface area contributed by atoms with Gasteiger partial charge < -0.3 is 0 Å². The minimum atomic E-state index is -1.03. The van der Waals surface area contributed by atoms with Gasteiger partial charge in [0.05, 0.1) is 0 Å². The van der Waals surface area contributed by atoms with Gasteiger partial charge in [0.25, 0.3) is 0 Å². The zero-order valence-electron chi connectivity index (χ0n) is 21.5. The minimum Gasteiger partial charge on any atom is -0.203 e. The first-order valence-corrected chi connectivity index (χ1v) is 14.0. The predicted molar refractivity (Wildman–Crippen MR) is 138 cm³/mol. The molecule has 0 N–H and O–H groups in total. The molecule has 0 aliphatic heterocycles. The Kier molecular flexibility index (Phi) is 7.60. The van der Waals surface area contributed by atoms with Crippen LogP contribution in [0.1, 0.15) is 106 Å². The van der Waals surface area contributed by atoms with Crippen LogP contribution in [0.5, 0.6) is 0 Å². The average Bonchev–Trinajstić information content (AvgIpc) is 3.27. The van der Waals surface area contributed by atoms with Crippen LogP contribution >= 0.6 is 0 Å². The average molecular weight is 499 g/mol. The fourth-order valence-corrected chi connectivity index (χ4v) is 7.18. The maximum atomic E-state index is 15.4. The van der Waals surface area contributed by atoms with Crippen LogP contribution in [0.4, 0.5) is 17.6 Å². The number of allylic oxidation sites excluding steroid dienone is 1. The first-order valence-electron chi connectivity index (χ1n) is 14.0. The highest BCUT2D eigenvalue weighted by Crippen LogP contribution is 2.46. The van der Waals surface area contributed by atoms with E-state index >= 15 is 17.6 Å². The number of hydrogen-bond donors (Lipinski definition) is 0. The molecule has 2 aromatic rings. The molecular weight excluding hydrogens is 460 g/mol. The Morgan fingerprint density at radius 2 is 1.33 bits per heavy atom. The summed E-state index contributed by atoms with van der Waals surface area (Å²) in [6.45, 7) is 6.07. The van der Waals surface area contributed by atoms with Gasteiger partial charge in [0.15, 0.2) is 23.3 Å². The summed E-state index contributed by atoms with van der Waals surface area (Å²) >= 11 is 0. The van der Waals surface area contributed by atoms with E-state index in [0.717, 1.165) is 64.2 Å². The van der Waals surface area contributed by atoms with Crippen molar-refractivity contribution in [2.45, 2.75) is 96.3 Å². The molecule has 0 saturated heterocycles. The molecule has 2 aromatic carbocycles. The van der Waals surface area contributed by atoms with Gasteiger partial charge in [-0.05, 0) is 117 Å². The first kappa shape index (κ1) is 25.5. The molecule has 3 aliphatic carbocycles. The zero-order chi connectivity index (χ0) is 25.4. The maximum absolute atomic E-state index is 15.4. The number of aryl methyl sites for hydroxylation is 1. The van der Waals surface area contributed by atoms with Gasteiger partial charge in [0, 0.05) is 11.1 Å². The molecule has 36 heavy (non-hydrogen) atoms. The second-order valence-corrected chi connectivity index (χ2v) is 11.6. The van der Waals surface area contributed by atoms with E-state index in [1.807, 2.05) is 6.08 Å². The third kappa shape index (κ3) is 4.77. The predicted octanol–water partition coefficient (Wildman–Crippen LogP) is 9.81. The van der Waals surface area contributed by atoms with E-state index in [-0.39, 0.29) is 17.0 Å². The SMILES string of the molecule is C=CC1CCC(CCc2cc3c(c(F)c2F)-c2c(cc(C4CCC(CCC)CC4)c(F)c2F)C3)CC1. The van der Waals surface area contributed by atoms with Crippen molar-refractivity contribution in [2.75, 3.05) is 0 Å². The molecule has 2 saturated carbocycles. The Morgan fingerprint density at radius 3 is 1.97 bits per heavy atom. The lowest BCUT2D eigenvalue weighted by molar-refractivity contribution is 0.295. The van der Waals surface area contributed by atoms with E-state index in [9.17, 15) is 0 Å². The highest BCUT2D eigenvalue weighted by Gasteiger charge is 2.34. The molecule has 4 heteroatoms. The van der Waals surface area contributed by atoms with E-state index < -0.39 is 23.3 Å². The number of benzene rings is 2. The molecule has 0 spiro atoms. The molecule has 0 heterocycles. The quantitative estimate of drug-likeness (QED) is 0.225. The van der Waals surface area contributed by atoms with Crippen molar-refractivity contribution in [1.82, 2.24) is 0 Å². The Balaban J connectivity index is 1.36. The highest BCUT2D eigenvalue weighted by molar-refractivity contribution is 5.79. The van der Waals surface area contributed by atoms with Crippen molar-refractivity contribution < 1.29 is 17.6 Å². The van der Waals surface area contributed by atoms with E-state index in [4.69, 9.17) is 0 Å². The Bertz CT molecular complexity index is 1120.